The van der Waals surface area contributed by atoms with Gasteiger partial charge in [-0.05, 0) is 30.2 Å². The minimum atomic E-state index is -3.94. The maximum Gasteiger partial charge on any atom is 0.244 e. The Labute approximate surface area is 157 Å². The normalized spacial score (nSPS) is 11.3. The van der Waals surface area contributed by atoms with Gasteiger partial charge in [0.2, 0.25) is 15.9 Å². The highest BCUT2D eigenvalue weighted by Gasteiger charge is 2.27. The summed E-state index contributed by atoms with van der Waals surface area (Å²) in [7, 11) is -3.94. The van der Waals surface area contributed by atoms with E-state index in [1.165, 1.54) is 22.5 Å². The minimum absolute atomic E-state index is 0.0344. The summed E-state index contributed by atoms with van der Waals surface area (Å²) < 4.78 is 27.2. The molecule has 0 aliphatic rings. The van der Waals surface area contributed by atoms with Crippen molar-refractivity contribution in [3.05, 3.63) is 64.7 Å². The number of nitrogens with zero attached hydrogens (tertiary/aromatic N) is 2. The van der Waals surface area contributed by atoms with Crippen LogP contribution in [0.4, 0.5) is 0 Å². The zero-order valence-electron chi connectivity index (χ0n) is 13.9. The maximum atomic E-state index is 13.0. The molecule has 0 bridgehead atoms. The van der Waals surface area contributed by atoms with Crippen molar-refractivity contribution in [2.75, 3.05) is 13.1 Å². The van der Waals surface area contributed by atoms with Crippen LogP contribution in [-0.4, -0.2) is 31.7 Å². The molecule has 6 nitrogen and oxygen atoms in total. The predicted molar refractivity (Wildman–Crippen MR) is 98.9 cm³/mol. The van der Waals surface area contributed by atoms with Crippen LogP contribution in [0, 0.1) is 11.3 Å². The molecule has 26 heavy (non-hydrogen) atoms. The number of nitriles is 1. The van der Waals surface area contributed by atoms with Crippen molar-refractivity contribution in [2.45, 2.75) is 17.7 Å². The molecule has 136 valence electrons. The second kappa shape index (κ2) is 8.81. The van der Waals surface area contributed by atoms with E-state index in [1.807, 2.05) is 36.4 Å². The highest BCUT2D eigenvalue weighted by molar-refractivity contribution is 7.89. The average molecular weight is 392 g/mol. The van der Waals surface area contributed by atoms with Crippen molar-refractivity contribution >= 4 is 27.5 Å². The Kier molecular flexibility index (Phi) is 6.75. The van der Waals surface area contributed by atoms with E-state index in [-0.39, 0.29) is 35.0 Å². The number of primary amides is 1. The third-order valence-corrected chi connectivity index (χ3v) is 6.16. The lowest BCUT2D eigenvalue weighted by Gasteiger charge is -2.22. The van der Waals surface area contributed by atoms with Gasteiger partial charge in [-0.25, -0.2) is 8.42 Å². The van der Waals surface area contributed by atoms with E-state index in [4.69, 9.17) is 22.6 Å². The summed E-state index contributed by atoms with van der Waals surface area (Å²) in [5.74, 6) is -0.587. The fourth-order valence-electron chi connectivity index (χ4n) is 2.40. The molecule has 2 N–H and O–H groups in total. The molecule has 0 heterocycles. The summed E-state index contributed by atoms with van der Waals surface area (Å²) in [6, 6.07) is 15.3. The van der Waals surface area contributed by atoms with Crippen molar-refractivity contribution in [3.8, 4) is 6.07 Å². The van der Waals surface area contributed by atoms with Gasteiger partial charge in [-0.3, -0.25) is 4.79 Å². The van der Waals surface area contributed by atoms with Gasteiger partial charge < -0.3 is 5.73 Å². The van der Waals surface area contributed by atoms with Crippen LogP contribution in [0.3, 0.4) is 0 Å². The number of carbonyl (C=O) groups excluding carboxylic acids is 1. The van der Waals surface area contributed by atoms with Crippen LogP contribution < -0.4 is 5.73 Å². The number of sulfonamides is 1. The van der Waals surface area contributed by atoms with Crippen LogP contribution in [0.2, 0.25) is 5.02 Å². The standard InChI is InChI=1S/C18H18ClN3O3S/c19-16-12-15(13-20)6-7-17(16)26(24,25)22(11-9-18(21)23)10-8-14-4-2-1-3-5-14/h1-7,12H,8-11H2,(H2,21,23). The van der Waals surface area contributed by atoms with Gasteiger partial charge in [0.25, 0.3) is 0 Å². The topological polar surface area (TPSA) is 104 Å². The van der Waals surface area contributed by atoms with Crippen LogP contribution in [0.15, 0.2) is 53.4 Å². The lowest BCUT2D eigenvalue weighted by atomic mass is 10.1. The van der Waals surface area contributed by atoms with E-state index in [1.54, 1.807) is 0 Å². The Hall–Kier alpha value is -2.40. The Balaban J connectivity index is 2.30. The summed E-state index contributed by atoms with van der Waals surface area (Å²) in [5, 5.41) is 8.87. The first-order valence-electron chi connectivity index (χ1n) is 7.86. The molecule has 0 aromatic heterocycles. The van der Waals surface area contributed by atoms with Gasteiger partial charge in [0, 0.05) is 19.5 Å². The first-order valence-corrected chi connectivity index (χ1v) is 9.68. The van der Waals surface area contributed by atoms with E-state index in [2.05, 4.69) is 0 Å². The number of nitrogens with two attached hydrogens (primary N) is 1. The Morgan fingerprint density at radius 3 is 2.42 bits per heavy atom. The highest BCUT2D eigenvalue weighted by atomic mass is 35.5. The van der Waals surface area contributed by atoms with Crippen molar-refractivity contribution in [1.82, 2.24) is 4.31 Å². The number of hydrogen-bond acceptors (Lipinski definition) is 4. The van der Waals surface area contributed by atoms with E-state index >= 15 is 0 Å². The molecule has 2 rings (SSSR count). The van der Waals surface area contributed by atoms with Crippen LogP contribution >= 0.6 is 11.6 Å². The van der Waals surface area contributed by atoms with Gasteiger partial charge in [0.1, 0.15) is 4.90 Å². The zero-order valence-corrected chi connectivity index (χ0v) is 15.5. The third-order valence-electron chi connectivity index (χ3n) is 3.78. The van der Waals surface area contributed by atoms with Gasteiger partial charge >= 0.3 is 0 Å². The molecular formula is C18H18ClN3O3S. The monoisotopic (exact) mass is 391 g/mol. The number of rotatable bonds is 8. The summed E-state index contributed by atoms with van der Waals surface area (Å²) in [6.07, 6.45) is 0.384. The number of amides is 1. The molecule has 2 aromatic rings. The molecule has 0 radical (unpaired) electrons. The molecule has 0 fully saturated rings. The SMILES string of the molecule is N#Cc1ccc(S(=O)(=O)N(CCC(N)=O)CCc2ccccc2)c(Cl)c1. The maximum absolute atomic E-state index is 13.0. The summed E-state index contributed by atoms with van der Waals surface area (Å²) >= 11 is 6.07. The quantitative estimate of drug-likeness (QED) is 0.745. The second-order valence-corrected chi connectivity index (χ2v) is 7.93. The van der Waals surface area contributed by atoms with Gasteiger partial charge in [0.15, 0.2) is 0 Å². The zero-order chi connectivity index (χ0) is 19.2. The fraction of sp³-hybridized carbons (Fsp3) is 0.222. The number of halogens is 1. The largest absolute Gasteiger partial charge is 0.370 e. The Morgan fingerprint density at radius 2 is 1.85 bits per heavy atom. The van der Waals surface area contributed by atoms with Gasteiger partial charge in [0.05, 0.1) is 16.7 Å². The van der Waals surface area contributed by atoms with Crippen molar-refractivity contribution < 1.29 is 13.2 Å². The first-order chi connectivity index (χ1) is 12.3. The van der Waals surface area contributed by atoms with Gasteiger partial charge in [-0.2, -0.15) is 9.57 Å². The van der Waals surface area contributed by atoms with Crippen LogP contribution in [0.25, 0.3) is 0 Å². The van der Waals surface area contributed by atoms with Crippen molar-refractivity contribution in [1.29, 1.82) is 5.26 Å². The predicted octanol–water partition coefficient (Wildman–Crippen LogP) is 2.32. The van der Waals surface area contributed by atoms with Crippen LogP contribution in [0.5, 0.6) is 0 Å². The molecule has 8 heteroatoms. The lowest BCUT2D eigenvalue weighted by Crippen LogP contribution is -2.35. The summed E-state index contributed by atoms with van der Waals surface area (Å²) in [5.41, 5.74) is 6.41. The number of benzene rings is 2. The molecule has 0 aliphatic heterocycles. The number of hydrogen-bond donors (Lipinski definition) is 1. The molecule has 0 aliphatic carbocycles. The van der Waals surface area contributed by atoms with Gasteiger partial charge in [-0.1, -0.05) is 41.9 Å². The smallest absolute Gasteiger partial charge is 0.244 e. The minimum Gasteiger partial charge on any atom is -0.370 e. The lowest BCUT2D eigenvalue weighted by molar-refractivity contribution is -0.118. The van der Waals surface area contributed by atoms with Crippen molar-refractivity contribution in [3.63, 3.8) is 0 Å². The van der Waals surface area contributed by atoms with E-state index < -0.39 is 15.9 Å². The molecule has 0 atom stereocenters. The Morgan fingerprint density at radius 1 is 1.15 bits per heavy atom. The molecule has 0 saturated heterocycles. The number of carbonyl (C=O) groups is 1. The fourth-order valence-corrected chi connectivity index (χ4v) is 4.36. The average Bonchev–Trinajstić information content (AvgIpc) is 2.61. The van der Waals surface area contributed by atoms with Crippen molar-refractivity contribution in [2.24, 2.45) is 5.73 Å². The third kappa shape index (κ3) is 5.05. The van der Waals surface area contributed by atoms with Crippen LogP contribution in [-0.2, 0) is 21.2 Å². The van der Waals surface area contributed by atoms with E-state index in [0.717, 1.165) is 5.56 Å². The van der Waals surface area contributed by atoms with E-state index in [9.17, 15) is 13.2 Å². The molecule has 0 saturated carbocycles. The summed E-state index contributed by atoms with van der Waals surface area (Å²) in [4.78, 5) is 11.0. The molecule has 1 amide bonds. The first kappa shape index (κ1) is 19.9. The van der Waals surface area contributed by atoms with Crippen LogP contribution in [0.1, 0.15) is 17.5 Å². The second-order valence-electron chi connectivity index (χ2n) is 5.61. The molecule has 2 aromatic carbocycles. The van der Waals surface area contributed by atoms with E-state index in [0.29, 0.717) is 6.42 Å². The molecule has 0 unspecified atom stereocenters. The highest BCUT2D eigenvalue weighted by Crippen LogP contribution is 2.26. The Bertz CT molecular complexity index is 924. The van der Waals surface area contributed by atoms with Gasteiger partial charge in [-0.15, -0.1) is 0 Å². The molecule has 0 spiro atoms. The summed E-state index contributed by atoms with van der Waals surface area (Å²) in [6.45, 7) is 0.136. The molecular weight excluding hydrogens is 374 g/mol.